The van der Waals surface area contributed by atoms with Gasteiger partial charge in [-0.15, -0.1) is 0 Å². The summed E-state index contributed by atoms with van der Waals surface area (Å²) in [7, 11) is 0. The molecule has 1 aromatic heterocycles. The van der Waals surface area contributed by atoms with Crippen molar-refractivity contribution < 1.29 is 4.74 Å². The highest BCUT2D eigenvalue weighted by Gasteiger charge is 2.19. The average Bonchev–Trinajstić information content (AvgIpc) is 2.86. The Labute approximate surface area is 117 Å². The number of hydrogen-bond acceptors (Lipinski definition) is 4. The maximum Gasteiger partial charge on any atom is 0.140 e. The van der Waals surface area contributed by atoms with E-state index in [0.717, 1.165) is 24.2 Å². The second-order valence-corrected chi connectivity index (χ2v) is 4.96. The maximum atomic E-state index is 8.81. The molecule has 0 fully saturated rings. The SMILES string of the molecule is N#Cc1cc(COc2ccc3c(c2)CC[C@@H]3N)ccn1. The highest BCUT2D eigenvalue weighted by Crippen LogP contribution is 2.32. The summed E-state index contributed by atoms with van der Waals surface area (Å²) in [6.45, 7) is 0.433. The Balaban J connectivity index is 1.71. The number of aromatic nitrogens is 1. The predicted octanol–water partition coefficient (Wildman–Crippen LogP) is 2.48. The van der Waals surface area contributed by atoms with Gasteiger partial charge in [-0.1, -0.05) is 6.07 Å². The van der Waals surface area contributed by atoms with Gasteiger partial charge in [0.1, 0.15) is 24.1 Å². The van der Waals surface area contributed by atoms with Gasteiger partial charge in [0.15, 0.2) is 0 Å². The van der Waals surface area contributed by atoms with Crippen LogP contribution in [0, 0.1) is 11.3 Å². The smallest absolute Gasteiger partial charge is 0.140 e. The van der Waals surface area contributed by atoms with Crippen LogP contribution in [0.1, 0.15) is 34.8 Å². The second kappa shape index (κ2) is 5.32. The molecule has 0 unspecified atom stereocenters. The fourth-order valence-electron chi connectivity index (χ4n) is 2.51. The number of aryl methyl sites for hydroxylation is 1. The molecule has 1 atom stereocenters. The molecule has 2 aromatic rings. The molecule has 0 saturated carbocycles. The van der Waals surface area contributed by atoms with Crippen molar-refractivity contribution in [2.75, 3.05) is 0 Å². The number of pyridine rings is 1. The van der Waals surface area contributed by atoms with Crippen LogP contribution in [-0.4, -0.2) is 4.98 Å². The largest absolute Gasteiger partial charge is 0.489 e. The van der Waals surface area contributed by atoms with Crippen molar-refractivity contribution in [3.8, 4) is 11.8 Å². The van der Waals surface area contributed by atoms with Crippen molar-refractivity contribution in [3.63, 3.8) is 0 Å². The Morgan fingerprint density at radius 1 is 1.35 bits per heavy atom. The second-order valence-electron chi connectivity index (χ2n) is 4.96. The Morgan fingerprint density at radius 3 is 3.10 bits per heavy atom. The first-order chi connectivity index (χ1) is 9.76. The van der Waals surface area contributed by atoms with Crippen molar-refractivity contribution in [1.82, 2.24) is 4.98 Å². The number of fused-ring (bicyclic) bond motifs is 1. The van der Waals surface area contributed by atoms with Gasteiger partial charge in [-0.3, -0.25) is 0 Å². The van der Waals surface area contributed by atoms with Gasteiger partial charge in [0.2, 0.25) is 0 Å². The summed E-state index contributed by atoms with van der Waals surface area (Å²) in [6, 6.07) is 11.8. The molecule has 0 amide bonds. The van der Waals surface area contributed by atoms with Crippen molar-refractivity contribution in [1.29, 1.82) is 5.26 Å². The predicted molar refractivity (Wildman–Crippen MR) is 75.0 cm³/mol. The summed E-state index contributed by atoms with van der Waals surface area (Å²) in [5.74, 6) is 0.841. The van der Waals surface area contributed by atoms with Crippen LogP contribution in [-0.2, 0) is 13.0 Å². The highest BCUT2D eigenvalue weighted by atomic mass is 16.5. The summed E-state index contributed by atoms with van der Waals surface area (Å²) in [5, 5.41) is 8.81. The molecule has 1 aliphatic carbocycles. The monoisotopic (exact) mass is 265 g/mol. The van der Waals surface area contributed by atoms with E-state index < -0.39 is 0 Å². The molecule has 0 saturated heterocycles. The third-order valence-electron chi connectivity index (χ3n) is 3.58. The number of nitrogens with zero attached hydrogens (tertiary/aromatic N) is 2. The van der Waals surface area contributed by atoms with E-state index in [-0.39, 0.29) is 6.04 Å². The third-order valence-corrected chi connectivity index (χ3v) is 3.58. The van der Waals surface area contributed by atoms with Crippen LogP contribution in [0.15, 0.2) is 36.5 Å². The summed E-state index contributed by atoms with van der Waals surface area (Å²) >= 11 is 0. The van der Waals surface area contributed by atoms with E-state index in [4.69, 9.17) is 15.7 Å². The molecule has 0 spiro atoms. The number of hydrogen-bond donors (Lipinski definition) is 1. The lowest BCUT2D eigenvalue weighted by Gasteiger charge is -2.09. The van der Waals surface area contributed by atoms with Gasteiger partial charge in [-0.2, -0.15) is 5.26 Å². The van der Waals surface area contributed by atoms with Gasteiger partial charge in [0.25, 0.3) is 0 Å². The summed E-state index contributed by atoms with van der Waals surface area (Å²) in [4.78, 5) is 3.94. The minimum absolute atomic E-state index is 0.164. The van der Waals surface area contributed by atoms with E-state index in [1.807, 2.05) is 18.2 Å². The van der Waals surface area contributed by atoms with Crippen LogP contribution < -0.4 is 10.5 Å². The maximum absolute atomic E-state index is 8.81. The third kappa shape index (κ3) is 2.49. The van der Waals surface area contributed by atoms with E-state index in [2.05, 4.69) is 17.1 Å². The average molecular weight is 265 g/mol. The molecule has 1 heterocycles. The first kappa shape index (κ1) is 12.6. The van der Waals surface area contributed by atoms with Crippen LogP contribution >= 0.6 is 0 Å². The fourth-order valence-corrected chi connectivity index (χ4v) is 2.51. The molecule has 4 heteroatoms. The highest BCUT2D eigenvalue weighted by molar-refractivity contribution is 5.40. The Morgan fingerprint density at radius 2 is 2.25 bits per heavy atom. The van der Waals surface area contributed by atoms with Gasteiger partial charge >= 0.3 is 0 Å². The normalized spacial score (nSPS) is 16.5. The van der Waals surface area contributed by atoms with Crippen LogP contribution in [0.5, 0.6) is 5.75 Å². The van der Waals surface area contributed by atoms with Crippen LogP contribution in [0.25, 0.3) is 0 Å². The van der Waals surface area contributed by atoms with Gasteiger partial charge in [0, 0.05) is 12.2 Å². The van der Waals surface area contributed by atoms with Gasteiger partial charge in [0.05, 0.1) is 0 Å². The van der Waals surface area contributed by atoms with Gasteiger partial charge < -0.3 is 10.5 Å². The van der Waals surface area contributed by atoms with Crippen molar-refractivity contribution in [3.05, 3.63) is 58.9 Å². The van der Waals surface area contributed by atoms with E-state index >= 15 is 0 Å². The first-order valence-electron chi connectivity index (χ1n) is 6.62. The molecule has 4 nitrogen and oxygen atoms in total. The summed E-state index contributed by atoms with van der Waals surface area (Å²) in [6.07, 6.45) is 3.65. The number of nitrogens with two attached hydrogens (primary N) is 1. The zero-order valence-electron chi connectivity index (χ0n) is 11.0. The number of rotatable bonds is 3. The standard InChI is InChI=1S/C16H15N3O/c17-9-13-7-11(5-6-19-13)10-20-14-2-3-15-12(8-14)1-4-16(15)18/h2-3,5-8,16H,1,4,10,18H2/t16-/m0/s1. The van der Waals surface area contributed by atoms with E-state index in [1.165, 1.54) is 11.1 Å². The van der Waals surface area contributed by atoms with E-state index in [1.54, 1.807) is 12.3 Å². The van der Waals surface area contributed by atoms with Crippen molar-refractivity contribution in [2.24, 2.45) is 5.73 Å². The Hall–Kier alpha value is -2.38. The zero-order chi connectivity index (χ0) is 13.9. The van der Waals surface area contributed by atoms with Gasteiger partial charge in [-0.25, -0.2) is 4.98 Å². The van der Waals surface area contributed by atoms with Crippen molar-refractivity contribution in [2.45, 2.75) is 25.5 Å². The minimum atomic E-state index is 0.164. The Bertz CT molecular complexity index is 676. The lowest BCUT2D eigenvalue weighted by atomic mass is 10.1. The van der Waals surface area contributed by atoms with Gasteiger partial charge in [-0.05, 0) is 53.8 Å². The number of nitriles is 1. The molecular weight excluding hydrogens is 250 g/mol. The molecule has 2 N–H and O–H groups in total. The summed E-state index contributed by atoms with van der Waals surface area (Å²) in [5.41, 5.74) is 9.87. The molecule has 100 valence electrons. The van der Waals surface area contributed by atoms with Crippen LogP contribution in [0.4, 0.5) is 0 Å². The van der Waals surface area contributed by atoms with Crippen LogP contribution in [0.2, 0.25) is 0 Å². The van der Waals surface area contributed by atoms with Crippen LogP contribution in [0.3, 0.4) is 0 Å². The molecule has 20 heavy (non-hydrogen) atoms. The van der Waals surface area contributed by atoms with Crippen molar-refractivity contribution >= 4 is 0 Å². The number of benzene rings is 1. The molecule has 1 aromatic carbocycles. The molecule has 0 bridgehead atoms. The molecule has 3 rings (SSSR count). The van der Waals surface area contributed by atoms with E-state index in [9.17, 15) is 0 Å². The molecule has 1 aliphatic rings. The topological polar surface area (TPSA) is 71.9 Å². The van der Waals surface area contributed by atoms with E-state index in [0.29, 0.717) is 12.3 Å². The first-order valence-corrected chi connectivity index (χ1v) is 6.62. The summed E-state index contributed by atoms with van der Waals surface area (Å²) < 4.78 is 5.77. The Kier molecular flexibility index (Phi) is 3.36. The molecular formula is C16H15N3O. The lowest BCUT2D eigenvalue weighted by Crippen LogP contribution is -2.05. The minimum Gasteiger partial charge on any atom is -0.489 e. The lowest BCUT2D eigenvalue weighted by molar-refractivity contribution is 0.306. The quantitative estimate of drug-likeness (QED) is 0.925. The number of ether oxygens (including phenoxy) is 1. The fraction of sp³-hybridized carbons (Fsp3) is 0.250. The molecule has 0 radical (unpaired) electrons. The molecule has 0 aliphatic heterocycles. The zero-order valence-corrected chi connectivity index (χ0v) is 11.0.